The summed E-state index contributed by atoms with van der Waals surface area (Å²) in [4.78, 5) is 23.7. The molecular weight excluding hydrogens is 212 g/mol. The van der Waals surface area contributed by atoms with E-state index < -0.39 is 18.0 Å². The highest BCUT2D eigenvalue weighted by Crippen LogP contribution is 1.96. The van der Waals surface area contributed by atoms with Gasteiger partial charge in [0.2, 0.25) is 0 Å². The van der Waals surface area contributed by atoms with Gasteiger partial charge in [-0.2, -0.15) is 0 Å². The first kappa shape index (κ1) is 14.4. The highest BCUT2D eigenvalue weighted by molar-refractivity contribution is 5.82. The van der Waals surface area contributed by atoms with E-state index in [1.807, 2.05) is 0 Å². The number of carboxylic acid groups (broad SMARTS) is 1. The Morgan fingerprint density at radius 2 is 2.19 bits per heavy atom. The Kier molecular flexibility index (Phi) is 6.95. The van der Waals surface area contributed by atoms with E-state index in [0.717, 1.165) is 0 Å². The third kappa shape index (κ3) is 4.79. The molecule has 1 atom stereocenters. The number of carboxylic acids is 1. The van der Waals surface area contributed by atoms with E-state index in [-0.39, 0.29) is 13.0 Å². The normalized spacial score (nSPS) is 11.6. The Bertz CT molecular complexity index is 255. The first-order valence-corrected chi connectivity index (χ1v) is 5.06. The molecule has 2 amide bonds. The molecule has 0 aromatic rings. The zero-order valence-corrected chi connectivity index (χ0v) is 9.35. The van der Waals surface area contributed by atoms with E-state index in [4.69, 9.17) is 10.2 Å². The molecule has 0 bridgehead atoms. The number of carbonyl (C=O) groups excluding carboxylic acids is 1. The van der Waals surface area contributed by atoms with Gasteiger partial charge in [-0.1, -0.05) is 6.08 Å². The molecule has 0 aromatic carbocycles. The first-order chi connectivity index (χ1) is 7.56. The topological polar surface area (TPSA) is 89.9 Å². The van der Waals surface area contributed by atoms with Gasteiger partial charge in [-0.15, -0.1) is 6.58 Å². The van der Waals surface area contributed by atoms with Crippen LogP contribution in [-0.4, -0.2) is 52.9 Å². The molecule has 0 rings (SSSR count). The zero-order chi connectivity index (χ0) is 12.6. The fourth-order valence-electron chi connectivity index (χ4n) is 1.14. The Morgan fingerprint density at radius 3 is 2.56 bits per heavy atom. The monoisotopic (exact) mass is 230 g/mol. The molecular formula is C10H18N2O4. The molecule has 0 spiro atoms. The molecule has 1 unspecified atom stereocenters. The summed E-state index contributed by atoms with van der Waals surface area (Å²) < 4.78 is 0. The number of aliphatic hydroxyl groups is 1. The van der Waals surface area contributed by atoms with Crippen molar-refractivity contribution < 1.29 is 19.8 Å². The number of aliphatic hydroxyl groups excluding tert-OH is 1. The van der Waals surface area contributed by atoms with Crippen LogP contribution in [0.3, 0.4) is 0 Å². The first-order valence-electron chi connectivity index (χ1n) is 5.06. The van der Waals surface area contributed by atoms with Crippen molar-refractivity contribution in [1.29, 1.82) is 0 Å². The number of rotatable bonds is 7. The van der Waals surface area contributed by atoms with Gasteiger partial charge in [0, 0.05) is 26.1 Å². The van der Waals surface area contributed by atoms with Crippen LogP contribution in [0.5, 0.6) is 0 Å². The van der Waals surface area contributed by atoms with Crippen LogP contribution in [0.1, 0.15) is 13.3 Å². The van der Waals surface area contributed by atoms with Gasteiger partial charge < -0.3 is 20.4 Å². The van der Waals surface area contributed by atoms with Crippen LogP contribution in [0.4, 0.5) is 4.79 Å². The van der Waals surface area contributed by atoms with Gasteiger partial charge in [-0.25, -0.2) is 9.59 Å². The summed E-state index contributed by atoms with van der Waals surface area (Å²) in [6.45, 7) is 5.82. The second-order valence-electron chi connectivity index (χ2n) is 3.18. The van der Waals surface area contributed by atoms with Crippen molar-refractivity contribution in [2.45, 2.75) is 19.4 Å². The summed E-state index contributed by atoms with van der Waals surface area (Å²) in [7, 11) is 0. The van der Waals surface area contributed by atoms with E-state index in [0.29, 0.717) is 13.1 Å². The fraction of sp³-hybridized carbons (Fsp3) is 0.600. The number of carbonyl (C=O) groups is 2. The third-order valence-corrected chi connectivity index (χ3v) is 2.03. The number of nitrogens with zero attached hydrogens (tertiary/aromatic N) is 1. The van der Waals surface area contributed by atoms with E-state index >= 15 is 0 Å². The summed E-state index contributed by atoms with van der Waals surface area (Å²) in [5.74, 6) is -1.16. The van der Waals surface area contributed by atoms with Crippen molar-refractivity contribution in [3.05, 3.63) is 12.7 Å². The van der Waals surface area contributed by atoms with Gasteiger partial charge in [0.1, 0.15) is 6.04 Å². The zero-order valence-electron chi connectivity index (χ0n) is 9.35. The van der Waals surface area contributed by atoms with Crippen molar-refractivity contribution in [3.8, 4) is 0 Å². The van der Waals surface area contributed by atoms with Crippen molar-refractivity contribution in [2.24, 2.45) is 0 Å². The highest BCUT2D eigenvalue weighted by atomic mass is 16.4. The van der Waals surface area contributed by atoms with Gasteiger partial charge in [0.15, 0.2) is 0 Å². The predicted octanol–water partition coefficient (Wildman–Crippen LogP) is 0.0395. The van der Waals surface area contributed by atoms with Gasteiger partial charge in [-0.3, -0.25) is 0 Å². The fourth-order valence-corrected chi connectivity index (χ4v) is 1.14. The Labute approximate surface area is 94.6 Å². The average molecular weight is 230 g/mol. The Balaban J connectivity index is 4.36. The summed E-state index contributed by atoms with van der Waals surface area (Å²) in [5.41, 5.74) is 0. The second-order valence-corrected chi connectivity index (χ2v) is 3.18. The number of urea groups is 1. The minimum Gasteiger partial charge on any atom is -0.480 e. The molecule has 0 saturated heterocycles. The van der Waals surface area contributed by atoms with E-state index in [1.54, 1.807) is 13.0 Å². The summed E-state index contributed by atoms with van der Waals surface area (Å²) in [5, 5.41) is 19.8. The molecule has 92 valence electrons. The van der Waals surface area contributed by atoms with E-state index in [2.05, 4.69) is 11.9 Å². The lowest BCUT2D eigenvalue weighted by Crippen LogP contribution is -2.48. The SMILES string of the molecule is C=CCN(CC)C(=O)NC(CCO)C(=O)O. The molecule has 0 aliphatic carbocycles. The Morgan fingerprint density at radius 1 is 1.56 bits per heavy atom. The van der Waals surface area contributed by atoms with E-state index in [1.165, 1.54) is 4.90 Å². The molecule has 3 N–H and O–H groups in total. The van der Waals surface area contributed by atoms with Gasteiger partial charge in [0.05, 0.1) is 0 Å². The molecule has 0 saturated carbocycles. The highest BCUT2D eigenvalue weighted by Gasteiger charge is 2.21. The maximum Gasteiger partial charge on any atom is 0.326 e. The Hall–Kier alpha value is -1.56. The lowest BCUT2D eigenvalue weighted by atomic mass is 10.2. The predicted molar refractivity (Wildman–Crippen MR) is 59.1 cm³/mol. The van der Waals surface area contributed by atoms with Crippen LogP contribution >= 0.6 is 0 Å². The summed E-state index contributed by atoms with van der Waals surface area (Å²) in [6, 6.07) is -1.53. The van der Waals surface area contributed by atoms with Gasteiger partial charge in [-0.05, 0) is 6.92 Å². The molecule has 0 fully saturated rings. The maximum absolute atomic E-state index is 11.6. The van der Waals surface area contributed by atoms with E-state index in [9.17, 15) is 9.59 Å². The van der Waals surface area contributed by atoms with Crippen molar-refractivity contribution in [3.63, 3.8) is 0 Å². The molecule has 0 aromatic heterocycles. The lowest BCUT2D eigenvalue weighted by Gasteiger charge is -2.22. The van der Waals surface area contributed by atoms with Gasteiger partial charge >= 0.3 is 12.0 Å². The molecule has 0 heterocycles. The van der Waals surface area contributed by atoms with Crippen LogP contribution in [0.25, 0.3) is 0 Å². The second kappa shape index (κ2) is 7.70. The van der Waals surface area contributed by atoms with Crippen molar-refractivity contribution in [1.82, 2.24) is 10.2 Å². The number of likely N-dealkylation sites (N-methyl/N-ethyl adjacent to an activating group) is 1. The minimum atomic E-state index is -1.16. The van der Waals surface area contributed by atoms with Crippen LogP contribution in [-0.2, 0) is 4.79 Å². The van der Waals surface area contributed by atoms with Crippen molar-refractivity contribution in [2.75, 3.05) is 19.7 Å². The number of hydrogen-bond donors (Lipinski definition) is 3. The van der Waals surface area contributed by atoms with Crippen LogP contribution in [0.2, 0.25) is 0 Å². The minimum absolute atomic E-state index is 0.00723. The standard InChI is InChI=1S/C10H18N2O4/c1-3-6-12(4-2)10(16)11-8(5-7-13)9(14)15/h3,8,13H,1,4-7H2,2H3,(H,11,16)(H,14,15). The van der Waals surface area contributed by atoms with Crippen LogP contribution in [0.15, 0.2) is 12.7 Å². The number of hydrogen-bond acceptors (Lipinski definition) is 3. The lowest BCUT2D eigenvalue weighted by molar-refractivity contribution is -0.139. The molecule has 0 aliphatic heterocycles. The maximum atomic E-state index is 11.6. The van der Waals surface area contributed by atoms with Gasteiger partial charge in [0.25, 0.3) is 0 Å². The van der Waals surface area contributed by atoms with Crippen LogP contribution < -0.4 is 5.32 Å². The smallest absolute Gasteiger partial charge is 0.326 e. The largest absolute Gasteiger partial charge is 0.480 e. The molecule has 0 radical (unpaired) electrons. The molecule has 0 aliphatic rings. The number of aliphatic carboxylic acids is 1. The number of amides is 2. The summed E-state index contributed by atoms with van der Waals surface area (Å²) in [6.07, 6.45) is 1.55. The molecule has 6 heteroatoms. The quantitative estimate of drug-likeness (QED) is 0.539. The van der Waals surface area contributed by atoms with Crippen molar-refractivity contribution >= 4 is 12.0 Å². The molecule has 6 nitrogen and oxygen atoms in total. The average Bonchev–Trinajstić information content (AvgIpc) is 2.24. The number of nitrogens with one attached hydrogen (secondary N) is 1. The van der Waals surface area contributed by atoms with Crippen LogP contribution in [0, 0.1) is 0 Å². The summed E-state index contributed by atoms with van der Waals surface area (Å²) >= 11 is 0. The molecule has 16 heavy (non-hydrogen) atoms. The third-order valence-electron chi connectivity index (χ3n) is 2.03.